The van der Waals surface area contributed by atoms with Crippen molar-refractivity contribution in [3.63, 3.8) is 0 Å². The molecule has 174 valence electrons. The lowest BCUT2D eigenvalue weighted by Crippen LogP contribution is -2.40. The molecule has 4 aromatic rings. The van der Waals surface area contributed by atoms with Crippen LogP contribution in [0.1, 0.15) is 20.9 Å². The van der Waals surface area contributed by atoms with Crippen LogP contribution in [-0.2, 0) is 6.18 Å². The number of aryl methyl sites for hydroxylation is 1. The predicted octanol–water partition coefficient (Wildman–Crippen LogP) is 5.22. The molecule has 0 aliphatic heterocycles. The number of aliphatic hydroxyl groups excluding tert-OH is 1. The molecule has 2 N–H and O–H groups in total. The van der Waals surface area contributed by atoms with Crippen molar-refractivity contribution in [2.75, 3.05) is 6.54 Å². The maximum absolute atomic E-state index is 12.9. The third-order valence-corrected chi connectivity index (χ3v) is 5.92. The van der Waals surface area contributed by atoms with E-state index in [1.165, 1.54) is 35.6 Å². The summed E-state index contributed by atoms with van der Waals surface area (Å²) < 4.78 is 77.9. The Labute approximate surface area is 186 Å². The standard InChI is InChI=1S/C21H15F6N3O2S/c1-10-29-17-14-8-11(18(32)28-9-16(31)21(25,26)27)2-7-15(14)30(19(17)33-10)13-5-3-12(4-6-13)20(22,23)24/h2-8,16,31H,9H2,1H3,(H,28,32). The van der Waals surface area contributed by atoms with Gasteiger partial charge in [-0.1, -0.05) is 0 Å². The lowest BCUT2D eigenvalue weighted by molar-refractivity contribution is -0.201. The van der Waals surface area contributed by atoms with Crippen LogP contribution in [0.2, 0.25) is 0 Å². The summed E-state index contributed by atoms with van der Waals surface area (Å²) in [6.07, 6.45) is -12.0. The molecule has 0 aliphatic carbocycles. The predicted molar refractivity (Wildman–Crippen MR) is 111 cm³/mol. The molecule has 1 unspecified atom stereocenters. The van der Waals surface area contributed by atoms with Gasteiger partial charge in [-0.2, -0.15) is 26.3 Å². The number of rotatable bonds is 4. The molecule has 0 fully saturated rings. The van der Waals surface area contributed by atoms with Gasteiger partial charge in [0.05, 0.1) is 22.6 Å². The van der Waals surface area contributed by atoms with Crippen molar-refractivity contribution in [2.45, 2.75) is 25.4 Å². The molecular weight excluding hydrogens is 472 g/mol. The molecule has 2 heterocycles. The van der Waals surface area contributed by atoms with Crippen molar-refractivity contribution in [3.8, 4) is 5.69 Å². The van der Waals surface area contributed by atoms with Crippen molar-refractivity contribution in [3.05, 3.63) is 58.6 Å². The highest BCUT2D eigenvalue weighted by molar-refractivity contribution is 7.18. The van der Waals surface area contributed by atoms with Crippen molar-refractivity contribution < 1.29 is 36.2 Å². The molecule has 12 heteroatoms. The highest BCUT2D eigenvalue weighted by Crippen LogP contribution is 2.37. The zero-order chi connectivity index (χ0) is 24.1. The highest BCUT2D eigenvalue weighted by atomic mass is 32.1. The van der Waals surface area contributed by atoms with Crippen molar-refractivity contribution >= 4 is 38.5 Å². The second-order valence-electron chi connectivity index (χ2n) is 7.27. The molecule has 2 aromatic carbocycles. The van der Waals surface area contributed by atoms with Crippen LogP contribution in [0.25, 0.3) is 26.9 Å². The van der Waals surface area contributed by atoms with Gasteiger partial charge in [0.1, 0.15) is 10.3 Å². The Morgan fingerprint density at radius 1 is 1.12 bits per heavy atom. The SMILES string of the molecule is Cc1nc2c3cc(C(=O)NCC(O)C(F)(F)F)ccc3n(-c3ccc(C(F)(F)F)cc3)c2s1. The topological polar surface area (TPSA) is 67.2 Å². The number of alkyl halides is 6. The Kier molecular flexibility index (Phi) is 5.61. The minimum Gasteiger partial charge on any atom is -0.382 e. The number of thiazole rings is 1. The summed E-state index contributed by atoms with van der Waals surface area (Å²) in [6.45, 7) is 0.751. The molecule has 1 amide bonds. The van der Waals surface area contributed by atoms with Crippen LogP contribution in [-0.4, -0.2) is 39.4 Å². The van der Waals surface area contributed by atoms with E-state index >= 15 is 0 Å². The first-order valence-corrected chi connectivity index (χ1v) is 10.3. The third-order valence-electron chi connectivity index (χ3n) is 4.96. The van der Waals surface area contributed by atoms with Gasteiger partial charge in [0.15, 0.2) is 6.10 Å². The number of nitrogens with zero attached hydrogens (tertiary/aromatic N) is 2. The molecule has 2 aromatic heterocycles. The molecule has 0 spiro atoms. The number of hydrogen-bond acceptors (Lipinski definition) is 4. The lowest BCUT2D eigenvalue weighted by Gasteiger charge is -2.15. The summed E-state index contributed by atoms with van der Waals surface area (Å²) in [7, 11) is 0. The van der Waals surface area contributed by atoms with Gasteiger partial charge in [0.2, 0.25) is 0 Å². The van der Waals surface area contributed by atoms with Crippen LogP contribution in [0.3, 0.4) is 0 Å². The fourth-order valence-electron chi connectivity index (χ4n) is 3.38. The number of benzene rings is 2. The second-order valence-corrected chi connectivity index (χ2v) is 8.45. The largest absolute Gasteiger partial charge is 0.416 e. The fraction of sp³-hybridized carbons (Fsp3) is 0.238. The van der Waals surface area contributed by atoms with Gasteiger partial charge in [-0.25, -0.2) is 4.98 Å². The Bertz CT molecular complexity index is 1340. The first kappa shape index (κ1) is 23.1. The lowest BCUT2D eigenvalue weighted by atomic mass is 10.1. The summed E-state index contributed by atoms with van der Waals surface area (Å²) in [5.74, 6) is -0.817. The van der Waals surface area contributed by atoms with E-state index in [4.69, 9.17) is 5.11 Å². The van der Waals surface area contributed by atoms with Gasteiger partial charge in [0.25, 0.3) is 5.91 Å². The first-order chi connectivity index (χ1) is 15.4. The first-order valence-electron chi connectivity index (χ1n) is 9.48. The minimum absolute atomic E-state index is 0.0500. The van der Waals surface area contributed by atoms with E-state index in [9.17, 15) is 31.1 Å². The molecule has 0 bridgehead atoms. The summed E-state index contributed by atoms with van der Waals surface area (Å²) in [4.78, 5) is 17.4. The van der Waals surface area contributed by atoms with Crippen LogP contribution in [0, 0.1) is 6.92 Å². The summed E-state index contributed by atoms with van der Waals surface area (Å²) in [5.41, 5.74) is 0.790. The zero-order valence-electron chi connectivity index (χ0n) is 16.8. The third kappa shape index (κ3) is 4.40. The number of carbonyl (C=O) groups is 1. The number of aromatic nitrogens is 2. The molecule has 4 rings (SSSR count). The summed E-state index contributed by atoms with van der Waals surface area (Å²) >= 11 is 1.31. The number of hydrogen-bond donors (Lipinski definition) is 2. The molecule has 0 saturated heterocycles. The fourth-order valence-corrected chi connectivity index (χ4v) is 4.34. The Morgan fingerprint density at radius 2 is 1.79 bits per heavy atom. The van der Waals surface area contributed by atoms with Gasteiger partial charge in [0, 0.05) is 16.6 Å². The molecule has 0 saturated carbocycles. The number of fused-ring (bicyclic) bond motifs is 3. The van der Waals surface area contributed by atoms with Gasteiger partial charge in [-0.3, -0.25) is 9.36 Å². The van der Waals surface area contributed by atoms with Crippen LogP contribution >= 0.6 is 11.3 Å². The molecule has 33 heavy (non-hydrogen) atoms. The number of amides is 1. The van der Waals surface area contributed by atoms with E-state index in [-0.39, 0.29) is 5.56 Å². The van der Waals surface area contributed by atoms with Gasteiger partial charge >= 0.3 is 12.4 Å². The van der Waals surface area contributed by atoms with E-state index in [0.29, 0.717) is 31.9 Å². The average Bonchev–Trinajstić information content (AvgIpc) is 3.24. The van der Waals surface area contributed by atoms with Crippen LogP contribution < -0.4 is 5.32 Å². The van der Waals surface area contributed by atoms with Gasteiger partial charge in [-0.15, -0.1) is 11.3 Å². The van der Waals surface area contributed by atoms with Crippen LogP contribution in [0.5, 0.6) is 0 Å². The highest BCUT2D eigenvalue weighted by Gasteiger charge is 2.38. The van der Waals surface area contributed by atoms with Crippen molar-refractivity contribution in [1.29, 1.82) is 0 Å². The minimum atomic E-state index is -4.86. The number of aliphatic hydroxyl groups is 1. The number of nitrogens with one attached hydrogen (secondary N) is 1. The van der Waals surface area contributed by atoms with Crippen molar-refractivity contribution in [1.82, 2.24) is 14.9 Å². The van der Waals surface area contributed by atoms with E-state index in [0.717, 1.165) is 12.1 Å². The van der Waals surface area contributed by atoms with Crippen molar-refractivity contribution in [2.24, 2.45) is 0 Å². The van der Waals surface area contributed by atoms with E-state index in [1.54, 1.807) is 17.6 Å². The monoisotopic (exact) mass is 487 g/mol. The quantitative estimate of drug-likeness (QED) is 0.388. The zero-order valence-corrected chi connectivity index (χ0v) is 17.6. The Hall–Kier alpha value is -3.12. The van der Waals surface area contributed by atoms with Gasteiger partial charge in [-0.05, 0) is 49.4 Å². The smallest absolute Gasteiger partial charge is 0.382 e. The molecular formula is C21H15F6N3O2S. The average molecular weight is 487 g/mol. The molecule has 0 aliphatic rings. The van der Waals surface area contributed by atoms with E-state index in [2.05, 4.69) is 4.98 Å². The number of halogens is 6. The molecule has 5 nitrogen and oxygen atoms in total. The number of carbonyl (C=O) groups excluding carboxylic acids is 1. The van der Waals surface area contributed by atoms with Gasteiger partial charge < -0.3 is 10.4 Å². The van der Waals surface area contributed by atoms with E-state index < -0.39 is 36.5 Å². The summed E-state index contributed by atoms with van der Waals surface area (Å²) in [5, 5.41) is 12.3. The van der Waals surface area contributed by atoms with Crippen LogP contribution in [0.4, 0.5) is 26.3 Å². The Morgan fingerprint density at radius 3 is 2.39 bits per heavy atom. The van der Waals surface area contributed by atoms with E-state index in [1.807, 2.05) is 5.32 Å². The molecule has 1 atom stereocenters. The summed E-state index contributed by atoms with van der Waals surface area (Å²) in [6, 6.07) is 8.97. The van der Waals surface area contributed by atoms with Crippen LogP contribution in [0.15, 0.2) is 42.5 Å². The Balaban J connectivity index is 1.75. The normalized spacial score (nSPS) is 13.6. The maximum atomic E-state index is 12.9. The maximum Gasteiger partial charge on any atom is 0.416 e. The molecule has 0 radical (unpaired) electrons. The second kappa shape index (κ2) is 8.03.